The molecule has 0 saturated heterocycles. The van der Waals surface area contributed by atoms with Crippen LogP contribution in [0.15, 0.2) is 186 Å². The van der Waals surface area contributed by atoms with Crippen molar-refractivity contribution in [1.29, 1.82) is 0 Å². The second-order valence-corrected chi connectivity index (χ2v) is 14.4. The Morgan fingerprint density at radius 3 is 1.39 bits per heavy atom. The van der Waals surface area contributed by atoms with E-state index >= 15 is 0 Å². The normalized spacial score (nSPS) is 11.9. The molecule has 0 amide bonds. The highest BCUT2D eigenvalue weighted by atomic mass is 16.3. The fraction of sp³-hybridized carbons (Fsp3) is 0. The van der Waals surface area contributed by atoms with E-state index in [2.05, 4.69) is 150 Å². The molecular formula is C51H30N4O. The van der Waals surface area contributed by atoms with Crippen molar-refractivity contribution in [3.8, 4) is 51.0 Å². The maximum Gasteiger partial charge on any atom is 0.164 e. The Hall–Kier alpha value is -7.63. The van der Waals surface area contributed by atoms with Crippen LogP contribution >= 0.6 is 0 Å². The van der Waals surface area contributed by atoms with E-state index in [0.29, 0.717) is 17.5 Å². The van der Waals surface area contributed by atoms with E-state index in [-0.39, 0.29) is 0 Å². The third-order valence-electron chi connectivity index (χ3n) is 11.2. The van der Waals surface area contributed by atoms with Crippen LogP contribution in [0, 0.1) is 0 Å². The summed E-state index contributed by atoms with van der Waals surface area (Å²) >= 11 is 0. The summed E-state index contributed by atoms with van der Waals surface area (Å²) in [5.74, 6) is 1.83. The van der Waals surface area contributed by atoms with Crippen LogP contribution in [0.4, 0.5) is 0 Å². The lowest BCUT2D eigenvalue weighted by molar-refractivity contribution is 0.668. The highest BCUT2D eigenvalue weighted by Crippen LogP contribution is 2.44. The second kappa shape index (κ2) is 11.9. The van der Waals surface area contributed by atoms with Crippen molar-refractivity contribution < 1.29 is 4.42 Å². The molecule has 0 aliphatic rings. The lowest BCUT2D eigenvalue weighted by Gasteiger charge is -2.09. The maximum absolute atomic E-state index is 6.69. The zero-order valence-electron chi connectivity index (χ0n) is 30.0. The van der Waals surface area contributed by atoms with Gasteiger partial charge in [-0.25, -0.2) is 15.0 Å². The van der Waals surface area contributed by atoms with Crippen molar-refractivity contribution in [2.75, 3.05) is 0 Å². The molecule has 0 spiro atoms. The fourth-order valence-corrected chi connectivity index (χ4v) is 8.62. The van der Waals surface area contributed by atoms with E-state index in [1.807, 2.05) is 36.4 Å². The summed E-state index contributed by atoms with van der Waals surface area (Å²) in [5.41, 5.74) is 10.1. The van der Waals surface area contributed by atoms with Crippen molar-refractivity contribution >= 4 is 65.3 Å². The Morgan fingerprint density at radius 2 is 0.768 bits per heavy atom. The van der Waals surface area contributed by atoms with Crippen molar-refractivity contribution in [1.82, 2.24) is 19.5 Å². The van der Waals surface area contributed by atoms with Crippen molar-refractivity contribution in [3.05, 3.63) is 182 Å². The molecule has 0 unspecified atom stereocenters. The summed E-state index contributed by atoms with van der Waals surface area (Å²) in [6.07, 6.45) is 0. The van der Waals surface area contributed by atoms with Crippen LogP contribution in [-0.2, 0) is 0 Å². The van der Waals surface area contributed by atoms with E-state index in [4.69, 9.17) is 19.4 Å². The number of aromatic nitrogens is 4. The SMILES string of the molecule is c1ccc(-c2ccc(-c3nc(-c4ccccc4)nc(-c4ccc5c(c4)oc4cc(-n6c7cccc8c9ccccc9c9cccc6c9c87)ccc45)n3)cc2)cc1. The van der Waals surface area contributed by atoms with Gasteiger partial charge in [-0.15, -0.1) is 0 Å². The van der Waals surface area contributed by atoms with Crippen LogP contribution < -0.4 is 0 Å². The average Bonchev–Trinajstić information content (AvgIpc) is 3.82. The number of furan rings is 1. The summed E-state index contributed by atoms with van der Waals surface area (Å²) in [4.78, 5) is 15.0. The van der Waals surface area contributed by atoms with Crippen LogP contribution in [0.25, 0.3) is 116 Å². The first kappa shape index (κ1) is 30.8. The molecule has 0 fully saturated rings. The average molecular weight is 715 g/mol. The Labute approximate surface area is 321 Å². The lowest BCUT2D eigenvalue weighted by atomic mass is 9.95. The number of benzene rings is 9. The molecule has 12 aromatic rings. The molecule has 56 heavy (non-hydrogen) atoms. The summed E-state index contributed by atoms with van der Waals surface area (Å²) in [6, 6.07) is 63.7. The number of rotatable bonds is 5. The molecule has 5 heteroatoms. The number of hydrogen-bond donors (Lipinski definition) is 0. The molecule has 9 aromatic carbocycles. The van der Waals surface area contributed by atoms with E-state index in [1.165, 1.54) is 48.9 Å². The Balaban J connectivity index is 0.989. The molecule has 0 radical (unpaired) electrons. The van der Waals surface area contributed by atoms with Crippen molar-refractivity contribution in [2.24, 2.45) is 0 Å². The van der Waals surface area contributed by atoms with Gasteiger partial charge in [-0.3, -0.25) is 0 Å². The Morgan fingerprint density at radius 1 is 0.321 bits per heavy atom. The van der Waals surface area contributed by atoms with Crippen molar-refractivity contribution in [2.45, 2.75) is 0 Å². The number of hydrogen-bond acceptors (Lipinski definition) is 4. The molecule has 3 heterocycles. The van der Waals surface area contributed by atoms with Gasteiger partial charge in [0, 0.05) is 50.0 Å². The third-order valence-corrected chi connectivity index (χ3v) is 11.2. The molecule has 12 rings (SSSR count). The van der Waals surface area contributed by atoms with E-state index < -0.39 is 0 Å². The van der Waals surface area contributed by atoms with E-state index in [0.717, 1.165) is 49.9 Å². The predicted octanol–water partition coefficient (Wildman–Crippen LogP) is 13.3. The van der Waals surface area contributed by atoms with Crippen LogP contribution in [0.3, 0.4) is 0 Å². The van der Waals surface area contributed by atoms with Crippen molar-refractivity contribution in [3.63, 3.8) is 0 Å². The van der Waals surface area contributed by atoms with Gasteiger partial charge in [0.25, 0.3) is 0 Å². The molecule has 0 saturated carbocycles. The Kier molecular flexibility index (Phi) is 6.56. The fourth-order valence-electron chi connectivity index (χ4n) is 8.62. The predicted molar refractivity (Wildman–Crippen MR) is 229 cm³/mol. The molecule has 0 aliphatic carbocycles. The standard InChI is InChI=1S/C51H30N4O/c1-3-11-31(12-4-1)32-21-23-34(24-22-32)50-52-49(33-13-5-2-6-14-33)53-51(54-50)35-25-27-39-40-28-26-36(30-46(40)56-45(39)29-35)55-43-19-9-17-41-37-15-7-8-16-38(37)42-18-10-20-44(55)48(42)47(41)43/h1-30H. The minimum atomic E-state index is 0.590. The van der Waals surface area contributed by atoms with Gasteiger partial charge < -0.3 is 8.98 Å². The van der Waals surface area contributed by atoms with Crippen LogP contribution in [0.1, 0.15) is 0 Å². The monoisotopic (exact) mass is 714 g/mol. The minimum Gasteiger partial charge on any atom is -0.456 e. The van der Waals surface area contributed by atoms with Crippen LogP contribution in [0.2, 0.25) is 0 Å². The molecule has 5 nitrogen and oxygen atoms in total. The highest BCUT2D eigenvalue weighted by Gasteiger charge is 2.20. The molecule has 0 aliphatic heterocycles. The van der Waals surface area contributed by atoms with Gasteiger partial charge >= 0.3 is 0 Å². The maximum atomic E-state index is 6.69. The first-order chi connectivity index (χ1) is 27.7. The first-order valence-electron chi connectivity index (χ1n) is 18.9. The molecule has 0 atom stereocenters. The zero-order chi connectivity index (χ0) is 36.7. The molecule has 3 aromatic heterocycles. The van der Waals surface area contributed by atoms with Crippen LogP contribution in [0.5, 0.6) is 0 Å². The topological polar surface area (TPSA) is 56.7 Å². The summed E-state index contributed by atoms with van der Waals surface area (Å²) in [6.45, 7) is 0. The highest BCUT2D eigenvalue weighted by molar-refractivity contribution is 6.34. The summed E-state index contributed by atoms with van der Waals surface area (Å²) in [5, 5.41) is 9.81. The quantitative estimate of drug-likeness (QED) is 0.167. The van der Waals surface area contributed by atoms with Crippen LogP contribution in [-0.4, -0.2) is 19.5 Å². The van der Waals surface area contributed by atoms with Gasteiger partial charge in [-0.1, -0.05) is 140 Å². The first-order valence-corrected chi connectivity index (χ1v) is 18.9. The summed E-state index contributed by atoms with van der Waals surface area (Å²) < 4.78 is 9.07. The zero-order valence-corrected chi connectivity index (χ0v) is 30.0. The number of fused-ring (bicyclic) bond motifs is 6. The smallest absolute Gasteiger partial charge is 0.164 e. The summed E-state index contributed by atoms with van der Waals surface area (Å²) in [7, 11) is 0. The van der Waals surface area contributed by atoms with Gasteiger partial charge in [-0.05, 0) is 69.1 Å². The van der Waals surface area contributed by atoms with Gasteiger partial charge in [0.15, 0.2) is 17.5 Å². The van der Waals surface area contributed by atoms with Gasteiger partial charge in [0.05, 0.1) is 11.0 Å². The van der Waals surface area contributed by atoms with Gasteiger partial charge in [0.1, 0.15) is 11.2 Å². The third kappa shape index (κ3) is 4.64. The van der Waals surface area contributed by atoms with Gasteiger partial charge in [0.2, 0.25) is 0 Å². The molecule has 0 N–H and O–H groups in total. The van der Waals surface area contributed by atoms with E-state index in [1.54, 1.807) is 0 Å². The lowest BCUT2D eigenvalue weighted by Crippen LogP contribution is -2.00. The molecule has 0 bridgehead atoms. The molecular weight excluding hydrogens is 685 g/mol. The Bertz CT molecular complexity index is 3370. The molecule has 260 valence electrons. The number of nitrogens with zero attached hydrogens (tertiary/aromatic N) is 4. The second-order valence-electron chi connectivity index (χ2n) is 14.4. The minimum absolute atomic E-state index is 0.590. The largest absolute Gasteiger partial charge is 0.456 e. The van der Waals surface area contributed by atoms with Gasteiger partial charge in [-0.2, -0.15) is 0 Å². The van der Waals surface area contributed by atoms with E-state index in [9.17, 15) is 0 Å².